The number of carbonyl (C=O) groups excluding carboxylic acids is 1. The average Bonchev–Trinajstić information content (AvgIpc) is 3.63. The van der Waals surface area contributed by atoms with E-state index in [9.17, 15) is 4.79 Å². The van der Waals surface area contributed by atoms with Crippen LogP contribution in [0.2, 0.25) is 0 Å². The zero-order valence-corrected chi connectivity index (χ0v) is 23.3. The molecule has 8 rings (SSSR count). The third-order valence-corrected chi connectivity index (χ3v) is 8.62. The predicted molar refractivity (Wildman–Crippen MR) is 166 cm³/mol. The smallest absolute Gasteiger partial charge is 0.341 e. The van der Waals surface area contributed by atoms with Gasteiger partial charge >= 0.3 is 5.97 Å². The van der Waals surface area contributed by atoms with Crippen LogP contribution in [0, 0.1) is 0 Å². The van der Waals surface area contributed by atoms with Gasteiger partial charge in [0, 0.05) is 53.2 Å². The molecule has 0 fully saturated rings. The topological polar surface area (TPSA) is 49.0 Å². The second-order valence-corrected chi connectivity index (χ2v) is 10.8. The van der Waals surface area contributed by atoms with Gasteiger partial charge in [-0.3, -0.25) is 4.98 Å². The number of aromatic nitrogens is 3. The highest BCUT2D eigenvalue weighted by atomic mass is 16.6. The maximum atomic E-state index is 13.9. The van der Waals surface area contributed by atoms with Crippen molar-refractivity contribution < 1.29 is 9.53 Å². The number of rotatable bonds is 4. The fourth-order valence-electron chi connectivity index (χ4n) is 6.92. The van der Waals surface area contributed by atoms with E-state index in [1.165, 1.54) is 0 Å². The van der Waals surface area contributed by atoms with Crippen molar-refractivity contribution in [3.05, 3.63) is 150 Å². The van der Waals surface area contributed by atoms with Crippen LogP contribution in [-0.2, 0) is 24.4 Å². The summed E-state index contributed by atoms with van der Waals surface area (Å²) in [6.45, 7) is 0. The number of carbonyl (C=O) groups is 1. The number of nitrogens with zero attached hydrogens (tertiary/aromatic N) is 3. The van der Waals surface area contributed by atoms with Crippen molar-refractivity contribution in [1.29, 1.82) is 0 Å². The summed E-state index contributed by atoms with van der Waals surface area (Å²) < 4.78 is 11.3. The molecule has 0 amide bonds. The van der Waals surface area contributed by atoms with Crippen LogP contribution in [-0.4, -0.2) is 20.1 Å². The van der Waals surface area contributed by atoms with E-state index in [4.69, 9.17) is 9.72 Å². The number of hydrogen-bond donors (Lipinski definition) is 0. The number of hydrogen-bond acceptors (Lipinski definition) is 3. The van der Waals surface area contributed by atoms with E-state index in [2.05, 4.69) is 71.8 Å². The first-order valence-electron chi connectivity index (χ1n) is 14.1. The lowest BCUT2D eigenvalue weighted by Crippen LogP contribution is -2.32. The van der Waals surface area contributed by atoms with Crippen molar-refractivity contribution in [3.8, 4) is 22.5 Å². The van der Waals surface area contributed by atoms with E-state index in [-0.39, 0.29) is 5.97 Å². The molecule has 0 spiro atoms. The van der Waals surface area contributed by atoms with Gasteiger partial charge in [0.05, 0.1) is 17.0 Å². The first-order valence-corrected chi connectivity index (χ1v) is 14.1. The van der Waals surface area contributed by atoms with Crippen LogP contribution < -0.4 is 0 Å². The molecule has 42 heavy (non-hydrogen) atoms. The van der Waals surface area contributed by atoms with E-state index in [0.29, 0.717) is 11.3 Å². The summed E-state index contributed by atoms with van der Waals surface area (Å²) in [6.07, 6.45) is 1.76. The zero-order chi connectivity index (χ0) is 28.4. The number of cyclic esters (lactones) is 1. The summed E-state index contributed by atoms with van der Waals surface area (Å²) in [5.41, 5.74) is 7.71. The molecule has 0 bridgehead atoms. The predicted octanol–water partition coefficient (Wildman–Crippen LogP) is 7.86. The number of ether oxygens (including phenoxy) is 1. The van der Waals surface area contributed by atoms with Crippen LogP contribution in [0.15, 0.2) is 128 Å². The van der Waals surface area contributed by atoms with Crippen molar-refractivity contribution in [3.63, 3.8) is 0 Å². The fourth-order valence-corrected chi connectivity index (χ4v) is 6.92. The lowest BCUT2D eigenvalue weighted by atomic mass is 9.78. The van der Waals surface area contributed by atoms with Crippen molar-refractivity contribution in [2.45, 2.75) is 5.60 Å². The third-order valence-electron chi connectivity index (χ3n) is 8.62. The summed E-state index contributed by atoms with van der Waals surface area (Å²) in [5, 5.41) is 2.02. The van der Waals surface area contributed by atoms with E-state index in [1.807, 2.05) is 66.7 Å². The normalized spacial score (nSPS) is 13.9. The standard InChI is InChI=1S/C37H27N3O2/c1-39-29-21-11-9-18-26(29)31(33(39)24-14-5-3-6-15-24)37(35-28(36(41)42-37)20-13-23-38-35)32-27-19-10-12-22-30(27)40(2)34(32)25-16-7-4-8-17-25/h3-23H,1-2H3. The van der Waals surface area contributed by atoms with Gasteiger partial charge in [0.1, 0.15) is 5.69 Å². The van der Waals surface area contributed by atoms with Crippen LogP contribution in [0.25, 0.3) is 44.3 Å². The Labute approximate surface area is 243 Å². The molecule has 1 aliphatic heterocycles. The van der Waals surface area contributed by atoms with Gasteiger partial charge < -0.3 is 13.9 Å². The van der Waals surface area contributed by atoms with Gasteiger partial charge in [0.2, 0.25) is 5.60 Å². The molecular formula is C37H27N3O2. The Morgan fingerprint density at radius 3 is 1.60 bits per heavy atom. The molecule has 3 aromatic heterocycles. The lowest BCUT2D eigenvalue weighted by molar-refractivity contribution is 0.0254. The molecule has 4 heterocycles. The third kappa shape index (κ3) is 3.19. The molecule has 5 heteroatoms. The van der Waals surface area contributed by atoms with Gasteiger partial charge in [-0.1, -0.05) is 97.1 Å². The van der Waals surface area contributed by atoms with Gasteiger partial charge in [0.25, 0.3) is 0 Å². The van der Waals surface area contributed by atoms with Crippen LogP contribution in [0.3, 0.4) is 0 Å². The molecule has 0 saturated heterocycles. The molecule has 0 atom stereocenters. The molecule has 202 valence electrons. The number of para-hydroxylation sites is 2. The molecule has 0 unspecified atom stereocenters. The Balaban J connectivity index is 1.64. The monoisotopic (exact) mass is 545 g/mol. The van der Waals surface area contributed by atoms with Crippen LogP contribution >= 0.6 is 0 Å². The number of esters is 1. The minimum absolute atomic E-state index is 0.378. The Bertz CT molecular complexity index is 2030. The van der Waals surface area contributed by atoms with Crippen LogP contribution in [0.4, 0.5) is 0 Å². The number of fused-ring (bicyclic) bond motifs is 3. The molecule has 1 aliphatic rings. The molecule has 5 nitrogen and oxygen atoms in total. The summed E-state index contributed by atoms with van der Waals surface area (Å²) in [4.78, 5) is 18.9. The van der Waals surface area contributed by atoms with E-state index in [0.717, 1.165) is 55.4 Å². The number of pyridine rings is 1. The van der Waals surface area contributed by atoms with Crippen LogP contribution in [0.5, 0.6) is 0 Å². The Morgan fingerprint density at radius 1 is 0.595 bits per heavy atom. The highest BCUT2D eigenvalue weighted by Crippen LogP contribution is 2.56. The first kappa shape index (κ1) is 24.4. The van der Waals surface area contributed by atoms with E-state index < -0.39 is 5.60 Å². The lowest BCUT2D eigenvalue weighted by Gasteiger charge is -2.31. The Morgan fingerprint density at radius 2 is 1.07 bits per heavy atom. The molecule has 4 aromatic carbocycles. The Hall–Kier alpha value is -5.42. The summed E-state index contributed by atoms with van der Waals surface area (Å²) >= 11 is 0. The average molecular weight is 546 g/mol. The molecule has 7 aromatic rings. The summed E-state index contributed by atoms with van der Waals surface area (Å²) in [6, 6.07) is 41.0. The minimum Gasteiger partial charge on any atom is -0.439 e. The quantitative estimate of drug-likeness (QED) is 0.212. The largest absolute Gasteiger partial charge is 0.439 e. The van der Waals surface area contributed by atoms with Crippen LogP contribution in [0.1, 0.15) is 27.2 Å². The summed E-state index contributed by atoms with van der Waals surface area (Å²) in [5.74, 6) is -0.378. The number of aryl methyl sites for hydroxylation is 2. The van der Waals surface area contributed by atoms with Crippen molar-refractivity contribution >= 4 is 27.8 Å². The zero-order valence-electron chi connectivity index (χ0n) is 23.3. The van der Waals surface area contributed by atoms with Gasteiger partial charge in [-0.2, -0.15) is 0 Å². The highest BCUT2D eigenvalue weighted by molar-refractivity contribution is 6.04. The second-order valence-electron chi connectivity index (χ2n) is 10.8. The fraction of sp³-hybridized carbons (Fsp3) is 0.0811. The van der Waals surface area contributed by atoms with Gasteiger partial charge in [-0.25, -0.2) is 4.79 Å². The van der Waals surface area contributed by atoms with E-state index in [1.54, 1.807) is 12.3 Å². The van der Waals surface area contributed by atoms with E-state index >= 15 is 0 Å². The molecular weight excluding hydrogens is 518 g/mol. The summed E-state index contributed by atoms with van der Waals surface area (Å²) in [7, 11) is 4.17. The second kappa shape index (κ2) is 9.05. The highest BCUT2D eigenvalue weighted by Gasteiger charge is 2.55. The first-order chi connectivity index (χ1) is 20.6. The number of benzene rings is 4. The SMILES string of the molecule is Cn1c(-c2ccccc2)c(C2(c3c(-c4ccccc4)n(C)c4ccccc34)OC(=O)c3cccnc32)c2ccccc21. The molecule has 0 aliphatic carbocycles. The Kier molecular flexibility index (Phi) is 5.25. The maximum absolute atomic E-state index is 13.9. The molecule has 0 N–H and O–H groups in total. The maximum Gasteiger partial charge on any atom is 0.341 e. The van der Waals surface area contributed by atoms with Crippen molar-refractivity contribution in [1.82, 2.24) is 14.1 Å². The van der Waals surface area contributed by atoms with Crippen molar-refractivity contribution in [2.24, 2.45) is 14.1 Å². The van der Waals surface area contributed by atoms with Gasteiger partial charge in [-0.05, 0) is 35.4 Å². The van der Waals surface area contributed by atoms with Crippen molar-refractivity contribution in [2.75, 3.05) is 0 Å². The van der Waals surface area contributed by atoms with Gasteiger partial charge in [-0.15, -0.1) is 0 Å². The minimum atomic E-state index is -1.33. The molecule has 0 saturated carbocycles. The van der Waals surface area contributed by atoms with Gasteiger partial charge in [0.15, 0.2) is 0 Å². The molecule has 0 radical (unpaired) electrons.